The van der Waals surface area contributed by atoms with Crippen molar-refractivity contribution >= 4 is 17.7 Å². The van der Waals surface area contributed by atoms with E-state index in [4.69, 9.17) is 9.47 Å². The van der Waals surface area contributed by atoms with Crippen molar-refractivity contribution in [3.05, 3.63) is 23.9 Å². The Morgan fingerprint density at radius 3 is 3.24 bits per heavy atom. The lowest BCUT2D eigenvalue weighted by molar-refractivity contribution is 0.0851. The number of ether oxygens (including phenoxy) is 2. The third-order valence-corrected chi connectivity index (χ3v) is 4.83. The Balaban J connectivity index is 1.61. The molecule has 0 saturated carbocycles. The molecule has 0 radical (unpaired) electrons. The molecule has 5 nitrogen and oxygen atoms in total. The Hall–Kier alpha value is -1.27. The minimum Gasteiger partial charge on any atom is -0.473 e. The van der Waals surface area contributed by atoms with Gasteiger partial charge in [-0.05, 0) is 37.1 Å². The normalized spacial score (nSPS) is 25.0. The van der Waals surface area contributed by atoms with Crippen LogP contribution in [0.3, 0.4) is 0 Å². The van der Waals surface area contributed by atoms with Crippen molar-refractivity contribution in [3.63, 3.8) is 0 Å². The molecule has 0 aliphatic carbocycles. The van der Waals surface area contributed by atoms with Gasteiger partial charge in [-0.3, -0.25) is 4.79 Å². The quantitative estimate of drug-likeness (QED) is 0.900. The third kappa shape index (κ3) is 3.89. The molecule has 1 amide bonds. The number of rotatable bonds is 5. The predicted molar refractivity (Wildman–Crippen MR) is 81.9 cm³/mol. The highest BCUT2D eigenvalue weighted by atomic mass is 32.2. The maximum absolute atomic E-state index is 12.3. The van der Waals surface area contributed by atoms with Gasteiger partial charge in [0.25, 0.3) is 5.91 Å². The van der Waals surface area contributed by atoms with Crippen LogP contribution >= 0.6 is 11.8 Å². The average molecular weight is 308 g/mol. The summed E-state index contributed by atoms with van der Waals surface area (Å²) < 4.78 is 11.4. The van der Waals surface area contributed by atoms with Gasteiger partial charge in [0, 0.05) is 25.1 Å². The van der Waals surface area contributed by atoms with Crippen LogP contribution in [0.25, 0.3) is 0 Å². The van der Waals surface area contributed by atoms with E-state index < -0.39 is 0 Å². The first-order chi connectivity index (χ1) is 10.3. The van der Waals surface area contributed by atoms with Crippen molar-refractivity contribution in [2.24, 2.45) is 0 Å². The van der Waals surface area contributed by atoms with E-state index in [1.807, 2.05) is 11.8 Å². The molecule has 2 unspecified atom stereocenters. The minimum atomic E-state index is -0.140. The van der Waals surface area contributed by atoms with E-state index in [-0.39, 0.29) is 18.1 Å². The van der Waals surface area contributed by atoms with Crippen LogP contribution in [0.4, 0.5) is 0 Å². The molecule has 2 atom stereocenters. The lowest BCUT2D eigenvalue weighted by Gasteiger charge is -2.15. The smallest absolute Gasteiger partial charge is 0.256 e. The standard InChI is InChI=1S/C15H20N2O3S/c18-14(17-9-11-3-2-7-19-11)13-4-1-6-16-15(13)20-12-5-8-21-10-12/h1,4,6,11-12H,2-3,5,7-10H2,(H,17,18). The van der Waals surface area contributed by atoms with E-state index in [2.05, 4.69) is 10.3 Å². The number of hydrogen-bond donors (Lipinski definition) is 1. The zero-order valence-corrected chi connectivity index (χ0v) is 12.7. The highest BCUT2D eigenvalue weighted by Gasteiger charge is 2.22. The number of pyridine rings is 1. The Morgan fingerprint density at radius 1 is 1.52 bits per heavy atom. The maximum atomic E-state index is 12.3. The molecule has 0 aromatic carbocycles. The van der Waals surface area contributed by atoms with E-state index in [1.54, 1.807) is 18.3 Å². The minimum absolute atomic E-state index is 0.140. The Bertz CT molecular complexity index is 486. The van der Waals surface area contributed by atoms with E-state index in [1.165, 1.54) is 0 Å². The average Bonchev–Trinajstić information content (AvgIpc) is 3.18. The second-order valence-corrected chi connectivity index (χ2v) is 6.45. The van der Waals surface area contributed by atoms with Crippen molar-refractivity contribution in [1.29, 1.82) is 0 Å². The molecule has 0 bridgehead atoms. The van der Waals surface area contributed by atoms with Crippen molar-refractivity contribution in [2.75, 3.05) is 24.7 Å². The molecule has 2 aliphatic rings. The van der Waals surface area contributed by atoms with Gasteiger partial charge in [0.1, 0.15) is 11.7 Å². The molecule has 2 aliphatic heterocycles. The van der Waals surface area contributed by atoms with Gasteiger partial charge < -0.3 is 14.8 Å². The Morgan fingerprint density at radius 2 is 2.48 bits per heavy atom. The van der Waals surface area contributed by atoms with E-state index in [9.17, 15) is 4.79 Å². The predicted octanol–water partition coefficient (Wildman–Crippen LogP) is 1.87. The summed E-state index contributed by atoms with van der Waals surface area (Å²) in [5.74, 6) is 2.38. The summed E-state index contributed by atoms with van der Waals surface area (Å²) in [4.78, 5) is 16.5. The molecule has 3 rings (SSSR count). The molecule has 1 aromatic heterocycles. The first-order valence-corrected chi connectivity index (χ1v) is 8.57. The number of amides is 1. The molecule has 3 heterocycles. The summed E-state index contributed by atoms with van der Waals surface area (Å²) in [5.41, 5.74) is 0.507. The van der Waals surface area contributed by atoms with Gasteiger partial charge in [0.2, 0.25) is 5.88 Å². The van der Waals surface area contributed by atoms with Gasteiger partial charge in [-0.15, -0.1) is 0 Å². The Labute approximate surface area is 128 Å². The number of aromatic nitrogens is 1. The van der Waals surface area contributed by atoms with Crippen molar-refractivity contribution in [3.8, 4) is 5.88 Å². The first kappa shape index (κ1) is 14.7. The van der Waals surface area contributed by atoms with Gasteiger partial charge in [0.15, 0.2) is 0 Å². The number of carbonyl (C=O) groups excluding carboxylic acids is 1. The fourth-order valence-electron chi connectivity index (χ4n) is 2.53. The van der Waals surface area contributed by atoms with Gasteiger partial charge in [-0.1, -0.05) is 0 Å². The summed E-state index contributed by atoms with van der Waals surface area (Å²) in [6.07, 6.45) is 5.06. The third-order valence-electron chi connectivity index (χ3n) is 3.70. The largest absolute Gasteiger partial charge is 0.473 e. The molecule has 1 N–H and O–H groups in total. The van der Waals surface area contributed by atoms with Crippen LogP contribution < -0.4 is 10.1 Å². The van der Waals surface area contributed by atoms with Gasteiger partial charge in [-0.2, -0.15) is 11.8 Å². The maximum Gasteiger partial charge on any atom is 0.256 e. The zero-order chi connectivity index (χ0) is 14.5. The number of carbonyl (C=O) groups is 1. The molecule has 21 heavy (non-hydrogen) atoms. The second kappa shape index (κ2) is 7.13. The molecular weight excluding hydrogens is 288 g/mol. The summed E-state index contributed by atoms with van der Waals surface area (Å²) >= 11 is 1.87. The van der Waals surface area contributed by atoms with Crippen LogP contribution in [0.5, 0.6) is 5.88 Å². The topological polar surface area (TPSA) is 60.5 Å². The summed E-state index contributed by atoms with van der Waals surface area (Å²) in [6.45, 7) is 1.34. The fraction of sp³-hybridized carbons (Fsp3) is 0.600. The van der Waals surface area contributed by atoms with E-state index in [0.717, 1.165) is 37.4 Å². The zero-order valence-electron chi connectivity index (χ0n) is 11.9. The molecule has 0 spiro atoms. The molecule has 2 saturated heterocycles. The van der Waals surface area contributed by atoms with Gasteiger partial charge >= 0.3 is 0 Å². The number of thioether (sulfide) groups is 1. The van der Waals surface area contributed by atoms with Crippen molar-refractivity contribution < 1.29 is 14.3 Å². The monoisotopic (exact) mass is 308 g/mol. The summed E-state index contributed by atoms with van der Waals surface area (Å²) in [6, 6.07) is 3.52. The SMILES string of the molecule is O=C(NCC1CCCO1)c1cccnc1OC1CCSC1. The molecule has 114 valence electrons. The lowest BCUT2D eigenvalue weighted by atomic mass is 10.2. The second-order valence-electron chi connectivity index (χ2n) is 5.30. The van der Waals surface area contributed by atoms with Crippen LogP contribution in [0, 0.1) is 0 Å². The van der Waals surface area contributed by atoms with E-state index in [0.29, 0.717) is 18.0 Å². The molecular formula is C15H20N2O3S. The van der Waals surface area contributed by atoms with Crippen LogP contribution in [0.1, 0.15) is 29.6 Å². The van der Waals surface area contributed by atoms with Gasteiger partial charge in [0.05, 0.1) is 6.10 Å². The molecule has 2 fully saturated rings. The number of nitrogens with one attached hydrogen (secondary N) is 1. The van der Waals surface area contributed by atoms with Crippen LogP contribution in [-0.2, 0) is 4.74 Å². The van der Waals surface area contributed by atoms with Crippen molar-refractivity contribution in [1.82, 2.24) is 10.3 Å². The summed E-state index contributed by atoms with van der Waals surface area (Å²) in [7, 11) is 0. The highest BCUT2D eigenvalue weighted by Crippen LogP contribution is 2.24. The fourth-order valence-corrected chi connectivity index (χ4v) is 3.62. The highest BCUT2D eigenvalue weighted by molar-refractivity contribution is 7.99. The van der Waals surface area contributed by atoms with Crippen molar-refractivity contribution in [2.45, 2.75) is 31.5 Å². The summed E-state index contributed by atoms with van der Waals surface area (Å²) in [5, 5.41) is 2.92. The molecule has 6 heteroatoms. The first-order valence-electron chi connectivity index (χ1n) is 7.42. The van der Waals surface area contributed by atoms with Crippen LogP contribution in [0.15, 0.2) is 18.3 Å². The molecule has 1 aromatic rings. The van der Waals surface area contributed by atoms with E-state index >= 15 is 0 Å². The van der Waals surface area contributed by atoms with Gasteiger partial charge in [-0.25, -0.2) is 4.98 Å². The van der Waals surface area contributed by atoms with Crippen LogP contribution in [0.2, 0.25) is 0 Å². The lowest BCUT2D eigenvalue weighted by Crippen LogP contribution is -2.32. The number of nitrogens with zero attached hydrogens (tertiary/aromatic N) is 1. The van der Waals surface area contributed by atoms with Crippen LogP contribution in [-0.4, -0.2) is 47.8 Å². The number of hydrogen-bond acceptors (Lipinski definition) is 5. The Kier molecular flexibility index (Phi) is 4.98.